The van der Waals surface area contributed by atoms with Crippen LogP contribution in [0.2, 0.25) is 0 Å². The minimum Gasteiger partial charge on any atom is -0.478 e. The highest BCUT2D eigenvalue weighted by atomic mass is 16.6. The van der Waals surface area contributed by atoms with E-state index < -0.39 is 11.6 Å². The molecule has 9 atom stereocenters. The van der Waals surface area contributed by atoms with Crippen molar-refractivity contribution in [2.45, 2.75) is 121 Å². The molecular weight excluding hydrogens is 486 g/mol. The number of carboxylic acids is 1. The lowest BCUT2D eigenvalue weighted by Gasteiger charge is -2.61. The third-order valence-electron chi connectivity index (χ3n) is 10.1. The van der Waals surface area contributed by atoms with E-state index in [2.05, 4.69) is 15.1 Å². The maximum absolute atomic E-state index is 13.3. The standard InChI is InChI=1S/C29H43N3O6/c1-29(2,3)38-28(36)30-18-10-11-31(14-18)21-9-8-19-24-26(21)37-23-13-17-7-5-4-6-16(17)12-22(23)32(24)15-20(25(19)33)27(34)35/h15-19,21-24,26H,4-14H2,1-3H3,(H,30,36)(H,34,35). The van der Waals surface area contributed by atoms with Gasteiger partial charge in [-0.1, -0.05) is 25.7 Å². The first kappa shape index (κ1) is 26.1. The number of Topliss-reactive ketones (excluding diaryl/α,β-unsaturated/α-hetero) is 1. The largest absolute Gasteiger partial charge is 0.478 e. The summed E-state index contributed by atoms with van der Waals surface area (Å²) in [7, 11) is 0. The summed E-state index contributed by atoms with van der Waals surface area (Å²) in [5.74, 6) is -0.335. The zero-order chi connectivity index (χ0) is 26.8. The number of hydrogen-bond donors (Lipinski definition) is 2. The van der Waals surface area contributed by atoms with Crippen molar-refractivity contribution in [1.82, 2.24) is 15.1 Å². The molecule has 5 fully saturated rings. The first-order chi connectivity index (χ1) is 18.1. The molecule has 38 heavy (non-hydrogen) atoms. The van der Waals surface area contributed by atoms with E-state index in [4.69, 9.17) is 9.47 Å². The smallest absolute Gasteiger partial charge is 0.407 e. The maximum Gasteiger partial charge on any atom is 0.407 e. The van der Waals surface area contributed by atoms with Crippen LogP contribution in [0.3, 0.4) is 0 Å². The van der Waals surface area contributed by atoms with Gasteiger partial charge in [-0.25, -0.2) is 9.59 Å². The second-order valence-electron chi connectivity index (χ2n) is 13.5. The number of ether oxygens (including phenoxy) is 2. The Labute approximate surface area is 225 Å². The molecule has 0 aromatic heterocycles. The predicted molar refractivity (Wildman–Crippen MR) is 139 cm³/mol. The van der Waals surface area contributed by atoms with E-state index in [1.54, 1.807) is 6.20 Å². The molecule has 9 heteroatoms. The second kappa shape index (κ2) is 9.81. The number of nitrogens with zero attached hydrogens (tertiary/aromatic N) is 2. The van der Waals surface area contributed by atoms with Gasteiger partial charge in [-0.3, -0.25) is 9.69 Å². The van der Waals surface area contributed by atoms with E-state index in [1.807, 2.05) is 20.8 Å². The summed E-state index contributed by atoms with van der Waals surface area (Å²) in [5, 5.41) is 12.9. The van der Waals surface area contributed by atoms with Crippen LogP contribution in [0.5, 0.6) is 0 Å². The van der Waals surface area contributed by atoms with Crippen molar-refractivity contribution in [2.24, 2.45) is 17.8 Å². The van der Waals surface area contributed by atoms with Crippen molar-refractivity contribution in [3.8, 4) is 0 Å². The summed E-state index contributed by atoms with van der Waals surface area (Å²) in [6.07, 6.45) is 10.6. The Morgan fingerprint density at radius 2 is 1.79 bits per heavy atom. The monoisotopic (exact) mass is 529 g/mol. The lowest BCUT2D eigenvalue weighted by Crippen LogP contribution is -2.71. The Bertz CT molecular complexity index is 1010. The van der Waals surface area contributed by atoms with Gasteiger partial charge in [0.2, 0.25) is 0 Å². The van der Waals surface area contributed by atoms with E-state index in [-0.39, 0.29) is 59.7 Å². The van der Waals surface area contributed by atoms with Crippen LogP contribution >= 0.6 is 0 Å². The van der Waals surface area contributed by atoms with E-state index >= 15 is 0 Å². The number of likely N-dealkylation sites (tertiary alicyclic amines) is 1. The average molecular weight is 530 g/mol. The molecule has 0 aromatic rings. The molecule has 0 aromatic carbocycles. The molecule has 0 spiro atoms. The highest BCUT2D eigenvalue weighted by Crippen LogP contribution is 2.50. The van der Waals surface area contributed by atoms with Crippen molar-refractivity contribution < 1.29 is 29.0 Å². The minimum atomic E-state index is -1.11. The molecule has 2 N–H and O–H groups in total. The fourth-order valence-electron chi connectivity index (χ4n) is 8.51. The molecule has 2 saturated heterocycles. The number of carbonyl (C=O) groups excluding carboxylic acids is 2. The topological polar surface area (TPSA) is 108 Å². The molecule has 3 heterocycles. The molecule has 9 nitrogen and oxygen atoms in total. The number of carboxylic acid groups (broad SMARTS) is 1. The fraction of sp³-hybridized carbons (Fsp3) is 0.828. The highest BCUT2D eigenvalue weighted by molar-refractivity contribution is 6.18. The van der Waals surface area contributed by atoms with E-state index in [1.165, 1.54) is 25.7 Å². The summed E-state index contributed by atoms with van der Waals surface area (Å²) in [6.45, 7) is 7.17. The number of aliphatic carboxylic acids is 1. The Kier molecular flexibility index (Phi) is 6.74. The number of alkyl carbamates (subject to hydrolysis) is 1. The number of hydrogen-bond acceptors (Lipinski definition) is 7. The van der Waals surface area contributed by atoms with Gasteiger partial charge in [0.25, 0.3) is 0 Å². The Balaban J connectivity index is 1.24. The van der Waals surface area contributed by atoms with Crippen LogP contribution in [-0.2, 0) is 19.1 Å². The van der Waals surface area contributed by atoms with Gasteiger partial charge in [0, 0.05) is 37.3 Å². The van der Waals surface area contributed by atoms with Crippen molar-refractivity contribution in [2.75, 3.05) is 13.1 Å². The second-order valence-corrected chi connectivity index (χ2v) is 13.5. The summed E-state index contributed by atoms with van der Waals surface area (Å²) < 4.78 is 12.5. The lowest BCUT2D eigenvalue weighted by atomic mass is 9.65. The minimum absolute atomic E-state index is 0.0131. The quantitative estimate of drug-likeness (QED) is 0.536. The lowest BCUT2D eigenvalue weighted by molar-refractivity contribution is -0.210. The SMILES string of the molecule is CC(C)(C)OC(=O)NC1CCN(C2CCC3C(=O)C(C(=O)O)=CN4C5CC6CCCCC6CC5OC2C34)C1. The zero-order valence-electron chi connectivity index (χ0n) is 22.9. The fourth-order valence-corrected chi connectivity index (χ4v) is 8.51. The van der Waals surface area contributed by atoms with Crippen LogP contribution in [0, 0.1) is 17.8 Å². The number of amides is 1. The Hall–Kier alpha value is -2.13. The first-order valence-corrected chi connectivity index (χ1v) is 14.7. The summed E-state index contributed by atoms with van der Waals surface area (Å²) in [6, 6.07) is 0.170. The van der Waals surface area contributed by atoms with Crippen molar-refractivity contribution in [1.29, 1.82) is 0 Å². The summed E-state index contributed by atoms with van der Waals surface area (Å²) >= 11 is 0. The van der Waals surface area contributed by atoms with Gasteiger partial charge < -0.3 is 24.8 Å². The molecule has 3 aliphatic carbocycles. The van der Waals surface area contributed by atoms with Gasteiger partial charge in [-0.05, 0) is 64.7 Å². The number of fused-ring (bicyclic) bond motifs is 3. The first-order valence-electron chi connectivity index (χ1n) is 14.7. The molecule has 210 valence electrons. The van der Waals surface area contributed by atoms with E-state index in [0.29, 0.717) is 18.3 Å². The normalized spacial score (nSPS) is 40.9. The number of rotatable bonds is 3. The molecular formula is C29H43N3O6. The number of morpholine rings is 1. The highest BCUT2D eigenvalue weighted by Gasteiger charge is 2.58. The predicted octanol–water partition coefficient (Wildman–Crippen LogP) is 3.32. The van der Waals surface area contributed by atoms with Gasteiger partial charge in [0.05, 0.1) is 24.3 Å². The number of nitrogens with one attached hydrogen (secondary N) is 1. The van der Waals surface area contributed by atoms with Crippen LogP contribution in [0.4, 0.5) is 4.79 Å². The summed E-state index contributed by atoms with van der Waals surface area (Å²) in [4.78, 5) is 42.5. The van der Waals surface area contributed by atoms with Crippen LogP contribution in [0.15, 0.2) is 11.8 Å². The number of ketones is 1. The van der Waals surface area contributed by atoms with Gasteiger partial charge in [-0.2, -0.15) is 0 Å². The van der Waals surface area contributed by atoms with E-state index in [0.717, 1.165) is 38.8 Å². The molecule has 6 aliphatic rings. The molecule has 0 bridgehead atoms. The summed E-state index contributed by atoms with van der Waals surface area (Å²) in [5.41, 5.74) is -0.596. The van der Waals surface area contributed by atoms with Crippen LogP contribution in [0.1, 0.15) is 78.6 Å². The third kappa shape index (κ3) is 4.74. The van der Waals surface area contributed by atoms with Crippen LogP contribution in [0.25, 0.3) is 0 Å². The molecule has 9 unspecified atom stereocenters. The molecule has 3 aliphatic heterocycles. The van der Waals surface area contributed by atoms with Gasteiger partial charge >= 0.3 is 12.1 Å². The number of carbonyl (C=O) groups is 3. The molecule has 3 saturated carbocycles. The van der Waals surface area contributed by atoms with Gasteiger partial charge in [0.15, 0.2) is 5.78 Å². The average Bonchev–Trinajstić information content (AvgIpc) is 3.30. The zero-order valence-corrected chi connectivity index (χ0v) is 22.9. The Morgan fingerprint density at radius 3 is 2.50 bits per heavy atom. The van der Waals surface area contributed by atoms with Gasteiger partial charge in [0.1, 0.15) is 11.2 Å². The van der Waals surface area contributed by atoms with Crippen molar-refractivity contribution in [3.63, 3.8) is 0 Å². The van der Waals surface area contributed by atoms with E-state index in [9.17, 15) is 19.5 Å². The van der Waals surface area contributed by atoms with Gasteiger partial charge in [-0.15, -0.1) is 0 Å². The van der Waals surface area contributed by atoms with Crippen LogP contribution in [-0.4, -0.2) is 87.8 Å². The van der Waals surface area contributed by atoms with Crippen LogP contribution < -0.4 is 5.32 Å². The third-order valence-corrected chi connectivity index (χ3v) is 10.1. The maximum atomic E-state index is 13.3. The Morgan fingerprint density at radius 1 is 1.05 bits per heavy atom. The van der Waals surface area contributed by atoms with Crippen molar-refractivity contribution in [3.05, 3.63) is 11.8 Å². The molecule has 1 amide bonds. The van der Waals surface area contributed by atoms with Crippen molar-refractivity contribution >= 4 is 17.8 Å². The molecule has 6 rings (SSSR count). The molecule has 0 radical (unpaired) electrons.